The first-order valence-corrected chi connectivity index (χ1v) is 7.83. The molecule has 2 heterocycles. The second-order valence-corrected chi connectivity index (χ2v) is 7.20. The molecule has 0 amide bonds. The van der Waals surface area contributed by atoms with Crippen LogP contribution in [0.4, 0.5) is 0 Å². The number of hydrogen-bond acceptors (Lipinski definition) is 4. The van der Waals surface area contributed by atoms with Crippen LogP contribution in [-0.4, -0.2) is 61.8 Å². The van der Waals surface area contributed by atoms with Gasteiger partial charge >= 0.3 is 0 Å². The van der Waals surface area contributed by atoms with Crippen LogP contribution in [0.1, 0.15) is 20.3 Å². The van der Waals surface area contributed by atoms with Gasteiger partial charge in [0, 0.05) is 31.4 Å². The number of thioether (sulfide) groups is 1. The number of nitrogens with one attached hydrogen (secondary N) is 1. The van der Waals surface area contributed by atoms with Crippen molar-refractivity contribution in [2.75, 3.05) is 44.8 Å². The minimum Gasteiger partial charge on any atom is -0.374 e. The Morgan fingerprint density at radius 3 is 2.94 bits per heavy atom. The average molecular weight is 258 g/mol. The number of rotatable bonds is 3. The molecule has 2 aliphatic rings. The Balaban J connectivity index is 1.80. The predicted octanol–water partition coefficient (Wildman–Crippen LogP) is 1.44. The topological polar surface area (TPSA) is 24.5 Å². The third-order valence-electron chi connectivity index (χ3n) is 3.71. The van der Waals surface area contributed by atoms with E-state index >= 15 is 0 Å². The summed E-state index contributed by atoms with van der Waals surface area (Å²) in [5.41, 5.74) is 0.494. The van der Waals surface area contributed by atoms with Crippen LogP contribution in [0.3, 0.4) is 0 Å². The highest BCUT2D eigenvalue weighted by molar-refractivity contribution is 7.99. The third-order valence-corrected chi connectivity index (χ3v) is 5.32. The summed E-state index contributed by atoms with van der Waals surface area (Å²) in [7, 11) is 2.25. The predicted molar refractivity (Wildman–Crippen MR) is 74.8 cm³/mol. The Morgan fingerprint density at radius 2 is 2.29 bits per heavy atom. The number of ether oxygens (including phenoxy) is 1. The Morgan fingerprint density at radius 1 is 1.47 bits per heavy atom. The maximum absolute atomic E-state index is 5.78. The quantitative estimate of drug-likeness (QED) is 0.828. The van der Waals surface area contributed by atoms with E-state index in [1.807, 2.05) is 0 Å². The highest BCUT2D eigenvalue weighted by Crippen LogP contribution is 2.35. The summed E-state index contributed by atoms with van der Waals surface area (Å²) in [4.78, 5) is 2.51. The van der Waals surface area contributed by atoms with Crippen molar-refractivity contribution < 1.29 is 4.74 Å². The van der Waals surface area contributed by atoms with Crippen molar-refractivity contribution in [3.63, 3.8) is 0 Å². The van der Waals surface area contributed by atoms with Gasteiger partial charge in [0.15, 0.2) is 0 Å². The SMILES string of the molecule is CN(CC1CNCCO1)C1CSCC(C)(C)C1. The van der Waals surface area contributed by atoms with E-state index in [1.165, 1.54) is 17.9 Å². The van der Waals surface area contributed by atoms with Crippen molar-refractivity contribution in [1.82, 2.24) is 10.2 Å². The van der Waals surface area contributed by atoms with Crippen LogP contribution in [0, 0.1) is 5.41 Å². The fraction of sp³-hybridized carbons (Fsp3) is 1.00. The Hall–Kier alpha value is 0.230. The molecule has 2 aliphatic heterocycles. The van der Waals surface area contributed by atoms with Crippen LogP contribution in [0.25, 0.3) is 0 Å². The molecule has 2 atom stereocenters. The van der Waals surface area contributed by atoms with Gasteiger partial charge in [0.1, 0.15) is 0 Å². The Labute approximate surface area is 110 Å². The molecule has 0 radical (unpaired) electrons. The molecule has 4 heteroatoms. The molecule has 0 aromatic rings. The number of nitrogens with zero attached hydrogens (tertiary/aromatic N) is 1. The largest absolute Gasteiger partial charge is 0.374 e. The molecule has 2 saturated heterocycles. The Bertz CT molecular complexity index is 242. The minimum atomic E-state index is 0.379. The van der Waals surface area contributed by atoms with Gasteiger partial charge in [-0.15, -0.1) is 0 Å². The van der Waals surface area contributed by atoms with E-state index in [1.54, 1.807) is 0 Å². The maximum atomic E-state index is 5.78. The van der Waals surface area contributed by atoms with E-state index in [-0.39, 0.29) is 0 Å². The van der Waals surface area contributed by atoms with E-state index in [4.69, 9.17) is 4.74 Å². The molecule has 0 aromatic heterocycles. The van der Waals surface area contributed by atoms with E-state index in [2.05, 4.69) is 42.9 Å². The first kappa shape index (κ1) is 13.7. The second-order valence-electron chi connectivity index (χ2n) is 6.17. The number of hydrogen-bond donors (Lipinski definition) is 1. The van der Waals surface area contributed by atoms with Gasteiger partial charge in [0.05, 0.1) is 12.7 Å². The van der Waals surface area contributed by atoms with Crippen LogP contribution in [0.5, 0.6) is 0 Å². The second kappa shape index (κ2) is 5.91. The van der Waals surface area contributed by atoms with Crippen molar-refractivity contribution >= 4 is 11.8 Å². The van der Waals surface area contributed by atoms with Crippen LogP contribution < -0.4 is 5.32 Å². The molecule has 0 saturated carbocycles. The van der Waals surface area contributed by atoms with Crippen LogP contribution in [0.2, 0.25) is 0 Å². The van der Waals surface area contributed by atoms with Crippen LogP contribution in [0.15, 0.2) is 0 Å². The lowest BCUT2D eigenvalue weighted by Gasteiger charge is -2.40. The van der Waals surface area contributed by atoms with Gasteiger partial charge in [0.25, 0.3) is 0 Å². The van der Waals surface area contributed by atoms with E-state index in [0.717, 1.165) is 26.2 Å². The van der Waals surface area contributed by atoms with Gasteiger partial charge in [-0.25, -0.2) is 0 Å². The smallest absolute Gasteiger partial charge is 0.0826 e. The molecule has 17 heavy (non-hydrogen) atoms. The monoisotopic (exact) mass is 258 g/mol. The zero-order chi connectivity index (χ0) is 12.3. The standard InChI is InChI=1S/C13H26N2OS/c1-13(2)6-11(9-17-10-13)15(3)8-12-7-14-4-5-16-12/h11-12,14H,4-10H2,1-3H3. The lowest BCUT2D eigenvalue weighted by Crippen LogP contribution is -2.49. The van der Waals surface area contributed by atoms with E-state index < -0.39 is 0 Å². The molecule has 2 fully saturated rings. The molecule has 3 nitrogen and oxygen atoms in total. The fourth-order valence-corrected chi connectivity index (χ4v) is 4.15. The zero-order valence-electron chi connectivity index (χ0n) is 11.4. The van der Waals surface area contributed by atoms with Crippen molar-refractivity contribution in [2.45, 2.75) is 32.4 Å². The maximum Gasteiger partial charge on any atom is 0.0826 e. The lowest BCUT2D eigenvalue weighted by molar-refractivity contribution is 0.00127. The van der Waals surface area contributed by atoms with Crippen LogP contribution >= 0.6 is 11.8 Å². The van der Waals surface area contributed by atoms with Gasteiger partial charge in [-0.05, 0) is 24.6 Å². The lowest BCUT2D eigenvalue weighted by atomic mass is 9.87. The third kappa shape index (κ3) is 4.12. The Kier molecular flexibility index (Phi) is 4.75. The molecule has 2 unspecified atom stereocenters. The summed E-state index contributed by atoms with van der Waals surface area (Å²) >= 11 is 2.10. The molecule has 0 aliphatic carbocycles. The first-order valence-electron chi connectivity index (χ1n) is 6.67. The summed E-state index contributed by atoms with van der Waals surface area (Å²) in [5.74, 6) is 2.58. The summed E-state index contributed by atoms with van der Waals surface area (Å²) in [6, 6.07) is 0.717. The average Bonchev–Trinajstić information content (AvgIpc) is 2.29. The van der Waals surface area contributed by atoms with Gasteiger partial charge in [0.2, 0.25) is 0 Å². The summed E-state index contributed by atoms with van der Waals surface area (Å²) in [6.45, 7) is 8.72. The van der Waals surface area contributed by atoms with Crippen molar-refractivity contribution in [3.8, 4) is 0 Å². The van der Waals surface area contributed by atoms with Gasteiger partial charge < -0.3 is 10.1 Å². The number of likely N-dealkylation sites (N-methyl/N-ethyl adjacent to an activating group) is 1. The van der Waals surface area contributed by atoms with Crippen molar-refractivity contribution in [2.24, 2.45) is 5.41 Å². The first-order chi connectivity index (χ1) is 8.07. The minimum absolute atomic E-state index is 0.379. The highest BCUT2D eigenvalue weighted by Gasteiger charge is 2.31. The summed E-state index contributed by atoms with van der Waals surface area (Å²) in [5, 5.41) is 3.40. The molecule has 0 spiro atoms. The zero-order valence-corrected chi connectivity index (χ0v) is 12.2. The van der Waals surface area contributed by atoms with Crippen LogP contribution in [-0.2, 0) is 4.74 Å². The molecular formula is C13H26N2OS. The molecule has 1 N–H and O–H groups in total. The van der Waals surface area contributed by atoms with Crippen molar-refractivity contribution in [3.05, 3.63) is 0 Å². The fourth-order valence-electron chi connectivity index (χ4n) is 2.72. The molecule has 100 valence electrons. The van der Waals surface area contributed by atoms with Crippen molar-refractivity contribution in [1.29, 1.82) is 0 Å². The van der Waals surface area contributed by atoms with E-state index in [0.29, 0.717) is 17.6 Å². The highest BCUT2D eigenvalue weighted by atomic mass is 32.2. The van der Waals surface area contributed by atoms with E-state index in [9.17, 15) is 0 Å². The molecule has 0 bridgehead atoms. The van der Waals surface area contributed by atoms with Gasteiger partial charge in [-0.3, -0.25) is 4.90 Å². The van der Waals surface area contributed by atoms with Gasteiger partial charge in [-0.2, -0.15) is 11.8 Å². The number of morpholine rings is 1. The molecule has 2 rings (SSSR count). The normalized spacial score (nSPS) is 33.9. The summed E-state index contributed by atoms with van der Waals surface area (Å²) in [6.07, 6.45) is 1.69. The van der Waals surface area contributed by atoms with Gasteiger partial charge in [-0.1, -0.05) is 13.8 Å². The summed E-state index contributed by atoms with van der Waals surface area (Å²) < 4.78 is 5.78. The molecule has 0 aromatic carbocycles. The molecular weight excluding hydrogens is 232 g/mol.